The van der Waals surface area contributed by atoms with E-state index in [1.54, 1.807) is 25.7 Å². The van der Waals surface area contributed by atoms with Crippen LogP contribution in [0.25, 0.3) is 0 Å². The van der Waals surface area contributed by atoms with Crippen LogP contribution in [0.3, 0.4) is 0 Å². The monoisotopic (exact) mass is 351 g/mol. The zero-order chi connectivity index (χ0) is 16.1. The Labute approximate surface area is 171 Å². The van der Waals surface area contributed by atoms with E-state index >= 15 is 0 Å². The van der Waals surface area contributed by atoms with E-state index in [-0.39, 0.29) is 70.0 Å². The molecule has 22 heavy (non-hydrogen) atoms. The van der Waals surface area contributed by atoms with Crippen molar-refractivity contribution < 1.29 is 83.6 Å². The molecule has 0 bridgehead atoms. The summed E-state index contributed by atoms with van der Waals surface area (Å²) in [6.07, 6.45) is 0.942. The molecule has 0 aliphatic carbocycles. The molecule has 1 aliphatic rings. The molecular weight excluding hydrogens is 329 g/mol. The van der Waals surface area contributed by atoms with Crippen molar-refractivity contribution >= 4 is 13.1 Å². The third kappa shape index (κ3) is 10.5. The molecule has 0 aromatic heterocycles. The van der Waals surface area contributed by atoms with Gasteiger partial charge in [0.1, 0.15) is 5.60 Å². The predicted molar refractivity (Wildman–Crippen MR) is 71.5 cm³/mol. The summed E-state index contributed by atoms with van der Waals surface area (Å²) in [5, 5.41) is 0. The van der Waals surface area contributed by atoms with Crippen molar-refractivity contribution in [2.75, 3.05) is 26.2 Å². The topological polar surface area (TPSA) is 48.0 Å². The first kappa shape index (κ1) is 22.7. The molecule has 0 radical (unpaired) electrons. The van der Waals surface area contributed by atoms with E-state index in [1.807, 2.05) is 0 Å². The van der Waals surface area contributed by atoms with Gasteiger partial charge in [-0.05, 0) is 39.5 Å². The van der Waals surface area contributed by atoms with E-state index in [1.165, 1.54) is 0 Å². The molecule has 10 heteroatoms. The summed E-state index contributed by atoms with van der Waals surface area (Å²) in [5.74, 6) is 0.0874. The number of nitrogens with zero attached hydrogens (tertiary/aromatic N) is 1. The van der Waals surface area contributed by atoms with Gasteiger partial charge in [0.2, 0.25) is 0 Å². The van der Waals surface area contributed by atoms with Gasteiger partial charge >= 0.3 is 64.5 Å². The molecule has 0 spiro atoms. The van der Waals surface area contributed by atoms with E-state index in [0.717, 1.165) is 0 Å². The fraction of sp³-hybridized carbons (Fsp3) is 0.917. The van der Waals surface area contributed by atoms with E-state index < -0.39 is 19.1 Å². The Bertz CT molecular complexity index is 344. The van der Waals surface area contributed by atoms with E-state index in [4.69, 9.17) is 4.74 Å². The number of amides is 1. The first-order valence-corrected chi connectivity index (χ1v) is 7.00. The zero-order valence-electron chi connectivity index (χ0n) is 13.6. The van der Waals surface area contributed by atoms with Crippen LogP contribution in [-0.2, 0) is 14.5 Å². The second kappa shape index (κ2) is 9.85. The average Bonchev–Trinajstić information content (AvgIpc) is 2.32. The van der Waals surface area contributed by atoms with Crippen LogP contribution < -0.4 is 51.4 Å². The first-order valence-electron chi connectivity index (χ1n) is 7.00. The number of piperidine rings is 1. The van der Waals surface area contributed by atoms with Gasteiger partial charge in [0.15, 0.2) is 0 Å². The summed E-state index contributed by atoms with van der Waals surface area (Å²) in [4.78, 5) is 22.1. The quantitative estimate of drug-likeness (QED) is 0.302. The molecule has 0 aromatic rings. The number of halogens is 3. The molecule has 5 nitrogen and oxygen atoms in total. The van der Waals surface area contributed by atoms with Gasteiger partial charge in [-0.15, -0.1) is 0 Å². The molecule has 1 heterocycles. The van der Waals surface area contributed by atoms with Gasteiger partial charge in [0.05, 0.1) is 13.1 Å². The fourth-order valence-corrected chi connectivity index (χ4v) is 1.88. The number of likely N-dealkylation sites (tertiary alicyclic amines) is 1. The fourth-order valence-electron chi connectivity index (χ4n) is 1.88. The zero-order valence-corrected chi connectivity index (χ0v) is 16.7. The van der Waals surface area contributed by atoms with Gasteiger partial charge in [0.25, 0.3) is 0 Å². The summed E-state index contributed by atoms with van der Waals surface area (Å²) in [7, 11) is 0. The Morgan fingerprint density at radius 1 is 1.18 bits per heavy atom. The Morgan fingerprint density at radius 3 is 2.18 bits per heavy atom. The first-order chi connectivity index (χ1) is 9.57. The van der Waals surface area contributed by atoms with Crippen LogP contribution in [0.1, 0.15) is 33.6 Å². The van der Waals surface area contributed by atoms with Crippen LogP contribution in [0.4, 0.5) is 17.7 Å². The molecule has 0 unspecified atom stereocenters. The minimum Gasteiger partial charge on any atom is -0.447 e. The molecule has 1 aliphatic heterocycles. The van der Waals surface area contributed by atoms with Crippen molar-refractivity contribution in [2.24, 2.45) is 5.92 Å². The van der Waals surface area contributed by atoms with Gasteiger partial charge in [0, 0.05) is 13.1 Å². The second-order valence-corrected chi connectivity index (χ2v) is 6.19. The average molecular weight is 351 g/mol. The molecule has 124 valence electrons. The smallest absolute Gasteiger partial charge is 0.447 e. The van der Waals surface area contributed by atoms with Gasteiger partial charge in [-0.3, -0.25) is 4.89 Å². The van der Waals surface area contributed by atoms with Crippen LogP contribution in [0.15, 0.2) is 0 Å². The summed E-state index contributed by atoms with van der Waals surface area (Å²) >= 11 is 0. The minimum absolute atomic E-state index is 0. The number of rotatable bonds is 5. The maximum atomic E-state index is 11.9. The SMILES string of the molecule is CC(C)(C)OC(=O)N1CCC(COOC[B-](F)(F)F)CC1.[K+]. The number of carbonyl (C=O) groups is 1. The van der Waals surface area contributed by atoms with Crippen molar-refractivity contribution in [2.45, 2.75) is 39.2 Å². The molecule has 0 aromatic carbocycles. The van der Waals surface area contributed by atoms with Gasteiger partial charge in [-0.2, -0.15) is 0 Å². The third-order valence-corrected chi connectivity index (χ3v) is 2.91. The summed E-state index contributed by atoms with van der Waals surface area (Å²) in [6.45, 7) is 0.174. The number of hydrogen-bond donors (Lipinski definition) is 0. The van der Waals surface area contributed by atoms with Gasteiger partial charge in [-0.1, -0.05) is 0 Å². The van der Waals surface area contributed by atoms with Crippen LogP contribution >= 0.6 is 0 Å². The Balaban J connectivity index is 0.00000441. The summed E-state index contributed by atoms with van der Waals surface area (Å²) in [5.41, 5.74) is -0.537. The maximum Gasteiger partial charge on any atom is 1.00 e. The standard InChI is InChI=1S/C12H22BF3NO4.K/c1-12(2,3)21-11(18)17-6-4-10(5-7-17)8-19-20-9-13(14,15)16;/h10H,4-9H2,1-3H3;/q-1;+1. The number of carbonyl (C=O) groups excluding carboxylic acids is 1. The third-order valence-electron chi connectivity index (χ3n) is 2.91. The van der Waals surface area contributed by atoms with Crippen molar-refractivity contribution in [1.29, 1.82) is 0 Å². The minimum atomic E-state index is -4.98. The predicted octanol–water partition coefficient (Wildman–Crippen LogP) is -0.0277. The van der Waals surface area contributed by atoms with Crippen LogP contribution in [0, 0.1) is 5.92 Å². The van der Waals surface area contributed by atoms with Crippen molar-refractivity contribution in [1.82, 2.24) is 4.90 Å². The Morgan fingerprint density at radius 2 is 1.73 bits per heavy atom. The van der Waals surface area contributed by atoms with E-state index in [2.05, 4.69) is 9.78 Å². The summed E-state index contributed by atoms with van der Waals surface area (Å²) < 4.78 is 40.9. The second-order valence-electron chi connectivity index (χ2n) is 6.19. The van der Waals surface area contributed by atoms with Crippen molar-refractivity contribution in [3.05, 3.63) is 0 Å². The Hall–Kier alpha value is 0.681. The molecule has 1 rings (SSSR count). The normalized spacial score (nSPS) is 17.1. The molecular formula is C12H22BF3KNO4. The molecule has 0 atom stereocenters. The van der Waals surface area contributed by atoms with Crippen LogP contribution in [0.5, 0.6) is 0 Å². The molecule has 0 saturated carbocycles. The van der Waals surface area contributed by atoms with E-state index in [0.29, 0.717) is 25.9 Å². The van der Waals surface area contributed by atoms with Gasteiger partial charge < -0.3 is 22.6 Å². The van der Waals surface area contributed by atoms with Crippen LogP contribution in [-0.4, -0.2) is 49.8 Å². The number of ether oxygens (including phenoxy) is 1. The van der Waals surface area contributed by atoms with Crippen molar-refractivity contribution in [3.63, 3.8) is 0 Å². The number of hydrogen-bond acceptors (Lipinski definition) is 4. The van der Waals surface area contributed by atoms with Crippen molar-refractivity contribution in [3.8, 4) is 0 Å². The molecule has 1 saturated heterocycles. The summed E-state index contributed by atoms with van der Waals surface area (Å²) in [6, 6.07) is 0. The molecule has 1 fully saturated rings. The molecule has 0 N–H and O–H groups in total. The molecule has 1 amide bonds. The van der Waals surface area contributed by atoms with E-state index in [9.17, 15) is 17.7 Å². The largest absolute Gasteiger partial charge is 1.00 e. The maximum absolute atomic E-state index is 11.9. The Kier molecular flexibility index (Phi) is 10.2. The van der Waals surface area contributed by atoms with Crippen LogP contribution in [0.2, 0.25) is 0 Å². The van der Waals surface area contributed by atoms with Gasteiger partial charge in [-0.25, -0.2) is 9.68 Å².